The number of rotatable bonds is 4. The largest absolute Gasteiger partial charge is 0.319 e. The quantitative estimate of drug-likeness (QED) is 0.915. The molecule has 0 saturated carbocycles. The van der Waals surface area contributed by atoms with E-state index in [0.29, 0.717) is 18.0 Å². The molecule has 2 unspecified atom stereocenters. The third kappa shape index (κ3) is 3.58. The lowest BCUT2D eigenvalue weighted by molar-refractivity contribution is 0.118. The predicted octanol–water partition coefficient (Wildman–Crippen LogP) is 3.16. The number of aromatic nitrogens is 1. The summed E-state index contributed by atoms with van der Waals surface area (Å²) < 4.78 is 0. The maximum atomic E-state index is 4.53. The van der Waals surface area contributed by atoms with E-state index in [9.17, 15) is 0 Å². The fraction of sp³-hybridized carbons (Fsp3) is 0.706. The highest BCUT2D eigenvalue weighted by Gasteiger charge is 2.32. The predicted molar refractivity (Wildman–Crippen MR) is 84.8 cm³/mol. The van der Waals surface area contributed by atoms with Crippen molar-refractivity contribution in [2.24, 2.45) is 5.92 Å². The molecule has 1 N–H and O–H groups in total. The monoisotopic (exact) mass is 275 g/mol. The second kappa shape index (κ2) is 7.19. The van der Waals surface area contributed by atoms with Gasteiger partial charge in [-0.05, 0) is 71.3 Å². The molecule has 112 valence electrons. The smallest absolute Gasteiger partial charge is 0.0406 e. The molecule has 1 aliphatic heterocycles. The Labute approximate surface area is 123 Å². The molecule has 1 fully saturated rings. The molecule has 0 radical (unpaired) electrons. The topological polar surface area (TPSA) is 28.2 Å². The van der Waals surface area contributed by atoms with Crippen LogP contribution in [0, 0.1) is 12.8 Å². The molecule has 1 aromatic heterocycles. The van der Waals surface area contributed by atoms with Crippen LogP contribution in [0.4, 0.5) is 0 Å². The van der Waals surface area contributed by atoms with E-state index in [1.54, 1.807) is 0 Å². The van der Waals surface area contributed by atoms with Crippen molar-refractivity contribution >= 4 is 0 Å². The zero-order valence-electron chi connectivity index (χ0n) is 13.4. The SMILES string of the molecule is CNCC1CCCCN(C(C)C)C1c1ccc(C)nc1. The van der Waals surface area contributed by atoms with Crippen molar-refractivity contribution in [3.63, 3.8) is 0 Å². The van der Waals surface area contributed by atoms with Gasteiger partial charge in [0.05, 0.1) is 0 Å². The van der Waals surface area contributed by atoms with E-state index in [0.717, 1.165) is 12.2 Å². The van der Waals surface area contributed by atoms with Gasteiger partial charge in [-0.25, -0.2) is 0 Å². The Hall–Kier alpha value is -0.930. The first-order valence-corrected chi connectivity index (χ1v) is 7.96. The lowest BCUT2D eigenvalue weighted by Crippen LogP contribution is -2.40. The molecule has 1 aromatic rings. The Balaban J connectivity index is 2.33. The lowest BCUT2D eigenvalue weighted by atomic mass is 9.89. The normalized spacial score (nSPS) is 24.9. The zero-order chi connectivity index (χ0) is 14.5. The minimum absolute atomic E-state index is 0.498. The third-order valence-electron chi connectivity index (χ3n) is 4.45. The maximum absolute atomic E-state index is 4.53. The van der Waals surface area contributed by atoms with E-state index in [4.69, 9.17) is 0 Å². The fourth-order valence-electron chi connectivity index (χ4n) is 3.44. The summed E-state index contributed by atoms with van der Waals surface area (Å²) in [4.78, 5) is 7.19. The average molecular weight is 275 g/mol. The molecule has 3 nitrogen and oxygen atoms in total. The van der Waals surface area contributed by atoms with E-state index in [1.807, 2.05) is 0 Å². The lowest BCUT2D eigenvalue weighted by Gasteiger charge is -2.38. The van der Waals surface area contributed by atoms with Crippen molar-refractivity contribution in [1.82, 2.24) is 15.2 Å². The number of likely N-dealkylation sites (tertiary alicyclic amines) is 1. The van der Waals surface area contributed by atoms with Crippen LogP contribution < -0.4 is 5.32 Å². The minimum atomic E-state index is 0.498. The molecule has 0 bridgehead atoms. The van der Waals surface area contributed by atoms with Crippen LogP contribution in [0.5, 0.6) is 0 Å². The van der Waals surface area contributed by atoms with E-state index in [1.165, 1.54) is 31.4 Å². The summed E-state index contributed by atoms with van der Waals surface area (Å²) in [5, 5.41) is 3.39. The van der Waals surface area contributed by atoms with Gasteiger partial charge in [-0.1, -0.05) is 12.5 Å². The highest BCUT2D eigenvalue weighted by Crippen LogP contribution is 2.35. The highest BCUT2D eigenvalue weighted by atomic mass is 15.2. The molecule has 2 atom stereocenters. The maximum Gasteiger partial charge on any atom is 0.0406 e. The number of hydrogen-bond acceptors (Lipinski definition) is 3. The van der Waals surface area contributed by atoms with Gasteiger partial charge >= 0.3 is 0 Å². The summed E-state index contributed by atoms with van der Waals surface area (Å²) >= 11 is 0. The zero-order valence-corrected chi connectivity index (χ0v) is 13.4. The molecular weight excluding hydrogens is 246 g/mol. The molecule has 2 heterocycles. The van der Waals surface area contributed by atoms with Crippen LogP contribution in [0.25, 0.3) is 0 Å². The molecule has 0 aromatic carbocycles. The van der Waals surface area contributed by atoms with Crippen LogP contribution in [0.1, 0.15) is 50.4 Å². The summed E-state index contributed by atoms with van der Waals surface area (Å²) in [5.41, 5.74) is 2.48. The van der Waals surface area contributed by atoms with E-state index in [-0.39, 0.29) is 0 Å². The van der Waals surface area contributed by atoms with Gasteiger partial charge in [-0.15, -0.1) is 0 Å². The summed E-state index contributed by atoms with van der Waals surface area (Å²) in [7, 11) is 2.06. The van der Waals surface area contributed by atoms with Gasteiger partial charge in [0.25, 0.3) is 0 Å². The van der Waals surface area contributed by atoms with Crippen LogP contribution in [0.2, 0.25) is 0 Å². The van der Waals surface area contributed by atoms with Crippen molar-refractivity contribution < 1.29 is 0 Å². The van der Waals surface area contributed by atoms with Gasteiger partial charge < -0.3 is 5.32 Å². The second-order valence-corrected chi connectivity index (χ2v) is 6.32. The summed E-state index contributed by atoms with van der Waals surface area (Å²) in [6, 6.07) is 5.50. The third-order valence-corrected chi connectivity index (χ3v) is 4.45. The Morgan fingerprint density at radius 2 is 2.15 bits per heavy atom. The Bertz CT molecular complexity index is 399. The van der Waals surface area contributed by atoms with E-state index in [2.05, 4.69) is 61.3 Å². The van der Waals surface area contributed by atoms with Crippen molar-refractivity contribution in [3.05, 3.63) is 29.6 Å². The molecule has 20 heavy (non-hydrogen) atoms. The van der Waals surface area contributed by atoms with Crippen molar-refractivity contribution in [1.29, 1.82) is 0 Å². The molecule has 1 saturated heterocycles. The number of pyridine rings is 1. The van der Waals surface area contributed by atoms with Crippen molar-refractivity contribution in [2.75, 3.05) is 20.1 Å². The molecule has 0 aliphatic carbocycles. The van der Waals surface area contributed by atoms with Crippen LogP contribution in [-0.2, 0) is 0 Å². The van der Waals surface area contributed by atoms with Crippen LogP contribution in [0.3, 0.4) is 0 Å². The number of hydrogen-bond donors (Lipinski definition) is 1. The number of nitrogens with zero attached hydrogens (tertiary/aromatic N) is 2. The highest BCUT2D eigenvalue weighted by molar-refractivity contribution is 5.19. The Morgan fingerprint density at radius 1 is 1.35 bits per heavy atom. The van der Waals surface area contributed by atoms with Gasteiger partial charge in [0.2, 0.25) is 0 Å². The van der Waals surface area contributed by atoms with E-state index < -0.39 is 0 Å². The summed E-state index contributed by atoms with van der Waals surface area (Å²) in [6.45, 7) is 8.98. The number of aryl methyl sites for hydroxylation is 1. The summed E-state index contributed by atoms with van der Waals surface area (Å²) in [5.74, 6) is 0.675. The molecule has 2 rings (SSSR count). The van der Waals surface area contributed by atoms with Gasteiger partial charge in [0.15, 0.2) is 0 Å². The first-order valence-electron chi connectivity index (χ1n) is 7.96. The molecular formula is C17H29N3. The molecule has 3 heteroatoms. The number of nitrogens with one attached hydrogen (secondary N) is 1. The standard InChI is InChI=1S/C17H29N3/c1-13(2)20-10-6-5-7-15(11-18-4)17(20)16-9-8-14(3)19-12-16/h8-9,12-13,15,17-18H,5-7,10-11H2,1-4H3. The Morgan fingerprint density at radius 3 is 2.75 bits per heavy atom. The minimum Gasteiger partial charge on any atom is -0.319 e. The Kier molecular flexibility index (Phi) is 5.55. The van der Waals surface area contributed by atoms with Gasteiger partial charge in [0, 0.05) is 24.0 Å². The van der Waals surface area contributed by atoms with E-state index >= 15 is 0 Å². The summed E-state index contributed by atoms with van der Waals surface area (Å²) in [6.07, 6.45) is 6.05. The average Bonchev–Trinajstić information content (AvgIpc) is 2.63. The van der Waals surface area contributed by atoms with Crippen LogP contribution >= 0.6 is 0 Å². The van der Waals surface area contributed by atoms with Gasteiger partial charge in [-0.3, -0.25) is 9.88 Å². The van der Waals surface area contributed by atoms with Gasteiger partial charge in [-0.2, -0.15) is 0 Å². The second-order valence-electron chi connectivity index (χ2n) is 6.32. The van der Waals surface area contributed by atoms with Crippen LogP contribution in [-0.4, -0.2) is 36.1 Å². The first-order chi connectivity index (χ1) is 9.63. The van der Waals surface area contributed by atoms with Gasteiger partial charge in [0.1, 0.15) is 0 Å². The molecule has 0 spiro atoms. The van der Waals surface area contributed by atoms with Crippen LogP contribution in [0.15, 0.2) is 18.3 Å². The fourth-order valence-corrected chi connectivity index (χ4v) is 3.44. The first kappa shape index (κ1) is 15.5. The van der Waals surface area contributed by atoms with Crippen molar-refractivity contribution in [3.8, 4) is 0 Å². The molecule has 1 aliphatic rings. The van der Waals surface area contributed by atoms with Crippen molar-refractivity contribution in [2.45, 2.75) is 52.1 Å². The molecule has 0 amide bonds.